The first-order chi connectivity index (χ1) is 15.1. The highest BCUT2D eigenvalue weighted by Gasteiger charge is 2.20. The van der Waals surface area contributed by atoms with E-state index >= 15 is 0 Å². The van der Waals surface area contributed by atoms with Gasteiger partial charge in [-0.05, 0) is 49.2 Å². The summed E-state index contributed by atoms with van der Waals surface area (Å²) in [5.74, 6) is -4.15. The van der Waals surface area contributed by atoms with Gasteiger partial charge in [0.1, 0.15) is 17.3 Å². The van der Waals surface area contributed by atoms with Crippen molar-refractivity contribution in [3.05, 3.63) is 52.3 Å². The zero-order chi connectivity index (χ0) is 23.6. The molecule has 0 saturated heterocycles. The van der Waals surface area contributed by atoms with Crippen molar-refractivity contribution in [1.29, 1.82) is 0 Å². The molecule has 2 aromatic carbocycles. The van der Waals surface area contributed by atoms with E-state index < -0.39 is 35.0 Å². The molecule has 1 unspecified atom stereocenters. The Morgan fingerprint density at radius 3 is 2.50 bits per heavy atom. The fourth-order valence-electron chi connectivity index (χ4n) is 2.86. The van der Waals surface area contributed by atoms with Crippen LogP contribution < -0.4 is 26.5 Å². The first kappa shape index (κ1) is 22.5. The number of aliphatic carboxylic acids is 1. The number of halogens is 2. The van der Waals surface area contributed by atoms with Gasteiger partial charge in [0.15, 0.2) is 23.5 Å². The first-order valence-corrected chi connectivity index (χ1v) is 9.43. The molecule has 0 amide bonds. The molecule has 11 heteroatoms. The molecule has 6 N–H and O–H groups in total. The van der Waals surface area contributed by atoms with Crippen LogP contribution in [-0.4, -0.2) is 33.8 Å². The topological polar surface area (TPSA) is 154 Å². The summed E-state index contributed by atoms with van der Waals surface area (Å²) in [6.07, 6.45) is -1.39. The zero-order valence-corrected chi connectivity index (χ0v) is 17.1. The summed E-state index contributed by atoms with van der Waals surface area (Å²) in [5.41, 5.74) is 11.4. The summed E-state index contributed by atoms with van der Waals surface area (Å²) in [5, 5.41) is 8.97. The normalized spacial score (nSPS) is 11.8. The molecule has 0 aliphatic carbocycles. The maximum Gasteiger partial charge on any atom is 0.344 e. The van der Waals surface area contributed by atoms with Crippen LogP contribution >= 0.6 is 0 Å². The summed E-state index contributed by atoms with van der Waals surface area (Å²) in [7, 11) is 0. The standard InChI is InChI=1S/C21H20F2N4O5/c1-3-31-14-7-10(4-5-12(14)19-26-18(25)17(24)20(28)27-19)11-6-13(22)16(23)15(8-11)32-9(2)21(29)30/h4-9H,3,24H2,1-2H3,(H,29,30)(H3,25,26,27,28). The van der Waals surface area contributed by atoms with Gasteiger partial charge in [-0.15, -0.1) is 0 Å². The molecule has 168 valence electrons. The van der Waals surface area contributed by atoms with Crippen LogP contribution in [0.3, 0.4) is 0 Å². The van der Waals surface area contributed by atoms with Crippen LogP contribution in [0.2, 0.25) is 0 Å². The smallest absolute Gasteiger partial charge is 0.344 e. The number of ether oxygens (including phenoxy) is 2. The third-order valence-corrected chi connectivity index (χ3v) is 4.50. The first-order valence-electron chi connectivity index (χ1n) is 9.43. The van der Waals surface area contributed by atoms with E-state index in [4.69, 9.17) is 26.0 Å². The molecule has 0 aliphatic heterocycles. The quantitative estimate of drug-likeness (QED) is 0.432. The van der Waals surface area contributed by atoms with Crippen LogP contribution in [0.1, 0.15) is 13.8 Å². The largest absolute Gasteiger partial charge is 0.493 e. The average molecular weight is 446 g/mol. The molecular formula is C21H20F2N4O5. The number of carboxylic acid groups (broad SMARTS) is 1. The Labute approximate surface area is 180 Å². The molecule has 32 heavy (non-hydrogen) atoms. The van der Waals surface area contributed by atoms with Gasteiger partial charge in [-0.3, -0.25) is 4.79 Å². The summed E-state index contributed by atoms with van der Waals surface area (Å²) in [6, 6.07) is 6.77. The van der Waals surface area contributed by atoms with Crippen molar-refractivity contribution in [3.63, 3.8) is 0 Å². The van der Waals surface area contributed by atoms with Crippen LogP contribution in [0.15, 0.2) is 35.1 Å². The summed E-state index contributed by atoms with van der Waals surface area (Å²) >= 11 is 0. The van der Waals surface area contributed by atoms with Crippen LogP contribution in [0, 0.1) is 11.6 Å². The van der Waals surface area contributed by atoms with Crippen molar-refractivity contribution in [2.45, 2.75) is 20.0 Å². The molecule has 0 bridgehead atoms. The molecule has 1 atom stereocenters. The number of nitrogens with two attached hydrogens (primary N) is 2. The van der Waals surface area contributed by atoms with Crippen LogP contribution in [-0.2, 0) is 4.79 Å². The minimum Gasteiger partial charge on any atom is -0.493 e. The molecule has 3 rings (SSSR count). The third-order valence-electron chi connectivity index (χ3n) is 4.50. The Balaban J connectivity index is 2.10. The number of carbonyl (C=O) groups is 1. The van der Waals surface area contributed by atoms with E-state index in [1.54, 1.807) is 19.1 Å². The number of aromatic nitrogens is 2. The van der Waals surface area contributed by atoms with Crippen molar-refractivity contribution in [1.82, 2.24) is 9.97 Å². The molecule has 9 nitrogen and oxygen atoms in total. The van der Waals surface area contributed by atoms with E-state index in [1.165, 1.54) is 19.1 Å². The highest BCUT2D eigenvalue weighted by Crippen LogP contribution is 2.35. The van der Waals surface area contributed by atoms with Crippen molar-refractivity contribution in [2.75, 3.05) is 18.1 Å². The molecule has 1 aromatic heterocycles. The number of hydrogen-bond donors (Lipinski definition) is 4. The number of rotatable bonds is 7. The minimum absolute atomic E-state index is 0.112. The van der Waals surface area contributed by atoms with Crippen molar-refractivity contribution < 1.29 is 28.2 Å². The van der Waals surface area contributed by atoms with Crippen LogP contribution in [0.4, 0.5) is 20.3 Å². The second-order valence-electron chi connectivity index (χ2n) is 6.73. The second-order valence-corrected chi connectivity index (χ2v) is 6.73. The van der Waals surface area contributed by atoms with Crippen LogP contribution in [0.5, 0.6) is 11.5 Å². The molecule has 0 radical (unpaired) electrons. The Morgan fingerprint density at radius 2 is 1.88 bits per heavy atom. The molecule has 0 fully saturated rings. The number of H-pyrrole nitrogens is 1. The predicted octanol–water partition coefficient (Wildman–Crippen LogP) is 2.80. The van der Waals surface area contributed by atoms with Crippen LogP contribution in [0.25, 0.3) is 22.5 Å². The summed E-state index contributed by atoms with van der Waals surface area (Å²) in [6.45, 7) is 3.19. The summed E-state index contributed by atoms with van der Waals surface area (Å²) in [4.78, 5) is 29.5. The Bertz CT molecular complexity index is 1250. The monoisotopic (exact) mass is 446 g/mol. The number of benzene rings is 2. The molecule has 3 aromatic rings. The van der Waals surface area contributed by atoms with Gasteiger partial charge >= 0.3 is 5.97 Å². The van der Waals surface area contributed by atoms with Gasteiger partial charge in [0.2, 0.25) is 5.82 Å². The van der Waals surface area contributed by atoms with Gasteiger partial charge in [0.25, 0.3) is 5.56 Å². The van der Waals surface area contributed by atoms with Gasteiger partial charge in [-0.25, -0.2) is 14.2 Å². The molecule has 0 spiro atoms. The Kier molecular flexibility index (Phi) is 6.28. The van der Waals surface area contributed by atoms with Crippen molar-refractivity contribution in [2.24, 2.45) is 0 Å². The number of hydrogen-bond acceptors (Lipinski definition) is 7. The maximum atomic E-state index is 14.2. The molecule has 0 aliphatic rings. The number of nitrogen functional groups attached to an aromatic ring is 2. The van der Waals surface area contributed by atoms with Crippen molar-refractivity contribution in [3.8, 4) is 34.0 Å². The lowest BCUT2D eigenvalue weighted by Gasteiger charge is -2.15. The number of carboxylic acids is 1. The molecular weight excluding hydrogens is 426 g/mol. The van der Waals surface area contributed by atoms with E-state index in [2.05, 4.69) is 9.97 Å². The fraction of sp³-hybridized carbons (Fsp3) is 0.190. The number of nitrogens with one attached hydrogen (secondary N) is 1. The van der Waals surface area contributed by atoms with E-state index in [0.29, 0.717) is 11.1 Å². The summed E-state index contributed by atoms with van der Waals surface area (Å²) < 4.78 is 39.0. The maximum absolute atomic E-state index is 14.2. The highest BCUT2D eigenvalue weighted by molar-refractivity contribution is 5.76. The average Bonchev–Trinajstić information content (AvgIpc) is 2.74. The van der Waals surface area contributed by atoms with Crippen molar-refractivity contribution >= 4 is 17.5 Å². The van der Waals surface area contributed by atoms with Gasteiger partial charge in [-0.2, -0.15) is 4.39 Å². The Hall–Kier alpha value is -4.15. The van der Waals surface area contributed by atoms with Gasteiger partial charge in [0.05, 0.1) is 12.2 Å². The zero-order valence-electron chi connectivity index (χ0n) is 17.1. The van der Waals surface area contributed by atoms with E-state index in [1.807, 2.05) is 0 Å². The Morgan fingerprint density at radius 1 is 1.19 bits per heavy atom. The minimum atomic E-state index is -1.39. The highest BCUT2D eigenvalue weighted by atomic mass is 19.2. The van der Waals surface area contributed by atoms with Gasteiger partial charge in [-0.1, -0.05) is 6.07 Å². The molecule has 1 heterocycles. The lowest BCUT2D eigenvalue weighted by molar-refractivity contribution is -0.144. The lowest BCUT2D eigenvalue weighted by atomic mass is 10.0. The number of nitrogens with zero attached hydrogens (tertiary/aromatic N) is 1. The second kappa shape index (κ2) is 8.92. The predicted molar refractivity (Wildman–Crippen MR) is 113 cm³/mol. The molecule has 0 saturated carbocycles. The number of anilines is 2. The SMILES string of the molecule is CCOc1cc(-c2cc(F)c(F)c(OC(C)C(=O)O)c2)ccc1-c1nc(N)c(N)c(=O)[nH]1. The van der Waals surface area contributed by atoms with E-state index in [9.17, 15) is 18.4 Å². The van der Waals surface area contributed by atoms with Gasteiger partial charge < -0.3 is 31.0 Å². The fourth-order valence-corrected chi connectivity index (χ4v) is 2.86. The lowest BCUT2D eigenvalue weighted by Crippen LogP contribution is -2.23. The van der Waals surface area contributed by atoms with E-state index in [0.717, 1.165) is 6.07 Å². The number of aromatic amines is 1. The third kappa shape index (κ3) is 4.46. The van der Waals surface area contributed by atoms with Gasteiger partial charge in [0, 0.05) is 0 Å². The van der Waals surface area contributed by atoms with E-state index in [-0.39, 0.29) is 35.2 Å².